The van der Waals surface area contributed by atoms with Crippen LogP contribution in [0.25, 0.3) is 22.5 Å². The predicted octanol–water partition coefficient (Wildman–Crippen LogP) is 4.08. The van der Waals surface area contributed by atoms with Crippen LogP contribution in [0.5, 0.6) is 0 Å². The first-order valence-corrected chi connectivity index (χ1v) is 7.12. The molecule has 0 fully saturated rings. The van der Waals surface area contributed by atoms with E-state index in [2.05, 4.69) is 64.3 Å². The molecule has 3 heteroatoms. The van der Waals surface area contributed by atoms with Gasteiger partial charge in [0, 0.05) is 12.0 Å². The second kappa shape index (κ2) is 5.83. The van der Waals surface area contributed by atoms with Crippen molar-refractivity contribution in [2.75, 3.05) is 0 Å². The van der Waals surface area contributed by atoms with Gasteiger partial charge in [-0.25, -0.2) is 15.0 Å². The molecule has 0 saturated heterocycles. The normalized spacial score (nSPS) is 10.6. The van der Waals surface area contributed by atoms with E-state index in [9.17, 15) is 0 Å². The third-order valence-electron chi connectivity index (χ3n) is 3.51. The van der Waals surface area contributed by atoms with E-state index in [0.29, 0.717) is 0 Å². The van der Waals surface area contributed by atoms with Gasteiger partial charge in [0.25, 0.3) is 0 Å². The van der Waals surface area contributed by atoms with Crippen LogP contribution >= 0.6 is 0 Å². The molecule has 1 heterocycles. The molecule has 1 aromatic heterocycles. The van der Waals surface area contributed by atoms with Crippen LogP contribution < -0.4 is 0 Å². The van der Waals surface area contributed by atoms with Gasteiger partial charge in [-0.05, 0) is 23.6 Å². The minimum Gasteiger partial charge on any atom is -0.221 e. The Kier molecular flexibility index (Phi) is 3.73. The van der Waals surface area contributed by atoms with E-state index in [0.717, 1.165) is 23.6 Å². The summed E-state index contributed by atoms with van der Waals surface area (Å²) in [5.74, 6) is 1.57. The van der Waals surface area contributed by atoms with E-state index >= 15 is 0 Å². The molecule has 0 N–H and O–H groups in total. The quantitative estimate of drug-likeness (QED) is 0.723. The molecule has 21 heavy (non-hydrogen) atoms. The molecule has 3 aromatic rings. The Labute approximate surface area is 124 Å². The van der Waals surface area contributed by atoms with Crippen LogP contribution in [0.3, 0.4) is 0 Å². The van der Waals surface area contributed by atoms with E-state index in [1.54, 1.807) is 6.33 Å². The topological polar surface area (TPSA) is 38.7 Å². The summed E-state index contributed by atoms with van der Waals surface area (Å²) in [5, 5.41) is 0. The summed E-state index contributed by atoms with van der Waals surface area (Å²) < 4.78 is 0. The third-order valence-corrected chi connectivity index (χ3v) is 3.51. The van der Waals surface area contributed by atoms with Crippen molar-refractivity contribution in [2.45, 2.75) is 20.3 Å². The number of nitrogens with zero attached hydrogens (tertiary/aromatic N) is 3. The van der Waals surface area contributed by atoms with Crippen molar-refractivity contribution in [1.29, 1.82) is 0 Å². The third kappa shape index (κ3) is 2.82. The van der Waals surface area contributed by atoms with E-state index in [1.165, 1.54) is 16.7 Å². The van der Waals surface area contributed by atoms with Crippen LogP contribution in [0.15, 0.2) is 54.9 Å². The largest absolute Gasteiger partial charge is 0.221 e. The van der Waals surface area contributed by atoms with E-state index < -0.39 is 0 Å². The van der Waals surface area contributed by atoms with Crippen LogP contribution in [-0.2, 0) is 6.42 Å². The molecule has 0 spiro atoms. The predicted molar refractivity (Wildman–Crippen MR) is 84.8 cm³/mol. The summed E-state index contributed by atoms with van der Waals surface area (Å²) in [5.41, 5.74) is 4.66. The van der Waals surface area contributed by atoms with Gasteiger partial charge in [0.2, 0.25) is 0 Å². The second-order valence-electron chi connectivity index (χ2n) is 4.97. The Bertz CT molecular complexity index is 751. The van der Waals surface area contributed by atoms with Gasteiger partial charge in [-0.2, -0.15) is 0 Å². The first-order chi connectivity index (χ1) is 10.3. The summed E-state index contributed by atoms with van der Waals surface area (Å²) in [4.78, 5) is 13.0. The van der Waals surface area contributed by atoms with Gasteiger partial charge in [-0.15, -0.1) is 0 Å². The lowest BCUT2D eigenvalue weighted by Crippen LogP contribution is -1.98. The number of rotatable bonds is 3. The van der Waals surface area contributed by atoms with Crippen molar-refractivity contribution in [1.82, 2.24) is 15.0 Å². The van der Waals surface area contributed by atoms with Crippen LogP contribution in [0, 0.1) is 6.92 Å². The highest BCUT2D eigenvalue weighted by Crippen LogP contribution is 2.26. The maximum Gasteiger partial charge on any atom is 0.163 e. The minimum atomic E-state index is 0.749. The van der Waals surface area contributed by atoms with Gasteiger partial charge >= 0.3 is 0 Å². The molecule has 0 radical (unpaired) electrons. The second-order valence-corrected chi connectivity index (χ2v) is 4.97. The number of hydrogen-bond acceptors (Lipinski definition) is 3. The smallest absolute Gasteiger partial charge is 0.163 e. The molecule has 0 amide bonds. The lowest BCUT2D eigenvalue weighted by atomic mass is 9.99. The zero-order valence-corrected chi connectivity index (χ0v) is 12.2. The molecular formula is C18H17N3. The Morgan fingerprint density at radius 3 is 2.43 bits per heavy atom. The van der Waals surface area contributed by atoms with Crippen LogP contribution in [0.4, 0.5) is 0 Å². The Morgan fingerprint density at radius 1 is 0.905 bits per heavy atom. The van der Waals surface area contributed by atoms with Crippen molar-refractivity contribution in [3.05, 3.63) is 66.2 Å². The van der Waals surface area contributed by atoms with Gasteiger partial charge in [0.05, 0.1) is 0 Å². The summed E-state index contributed by atoms with van der Waals surface area (Å²) >= 11 is 0. The Morgan fingerprint density at radius 2 is 1.71 bits per heavy atom. The van der Waals surface area contributed by atoms with Crippen molar-refractivity contribution in [2.24, 2.45) is 0 Å². The average Bonchev–Trinajstić information content (AvgIpc) is 2.55. The first kappa shape index (κ1) is 13.4. The fraction of sp³-hybridized carbons (Fsp3) is 0.167. The monoisotopic (exact) mass is 275 g/mol. The van der Waals surface area contributed by atoms with Crippen LogP contribution in [0.1, 0.15) is 18.3 Å². The SMILES string of the molecule is CCc1ncnc(-c2ccc(-c3ccccc3)cc2C)n1. The molecule has 0 unspecified atom stereocenters. The van der Waals surface area contributed by atoms with Crippen molar-refractivity contribution in [3.63, 3.8) is 0 Å². The van der Waals surface area contributed by atoms with E-state index in [4.69, 9.17) is 0 Å². The van der Waals surface area contributed by atoms with Gasteiger partial charge in [-0.1, -0.05) is 55.5 Å². The van der Waals surface area contributed by atoms with Crippen LogP contribution in [-0.4, -0.2) is 15.0 Å². The number of benzene rings is 2. The lowest BCUT2D eigenvalue weighted by molar-refractivity contribution is 0.903. The number of aryl methyl sites for hydroxylation is 2. The highest BCUT2D eigenvalue weighted by Gasteiger charge is 2.07. The number of aromatic nitrogens is 3. The van der Waals surface area contributed by atoms with Gasteiger partial charge in [-0.3, -0.25) is 0 Å². The fourth-order valence-electron chi connectivity index (χ4n) is 2.36. The first-order valence-electron chi connectivity index (χ1n) is 7.12. The fourth-order valence-corrected chi connectivity index (χ4v) is 2.36. The highest BCUT2D eigenvalue weighted by molar-refractivity contribution is 5.70. The highest BCUT2D eigenvalue weighted by atomic mass is 15.0. The van der Waals surface area contributed by atoms with Crippen molar-refractivity contribution < 1.29 is 0 Å². The molecule has 0 bridgehead atoms. The molecule has 0 aliphatic heterocycles. The van der Waals surface area contributed by atoms with Crippen LogP contribution in [0.2, 0.25) is 0 Å². The van der Waals surface area contributed by atoms with Crippen molar-refractivity contribution in [3.8, 4) is 22.5 Å². The van der Waals surface area contributed by atoms with E-state index in [-0.39, 0.29) is 0 Å². The summed E-state index contributed by atoms with van der Waals surface area (Å²) in [6.07, 6.45) is 2.41. The van der Waals surface area contributed by atoms with Gasteiger partial charge < -0.3 is 0 Å². The average molecular weight is 275 g/mol. The minimum absolute atomic E-state index is 0.749. The van der Waals surface area contributed by atoms with E-state index in [1.807, 2.05) is 13.0 Å². The zero-order chi connectivity index (χ0) is 14.7. The Hall–Kier alpha value is -2.55. The molecule has 0 aliphatic carbocycles. The summed E-state index contributed by atoms with van der Waals surface area (Å²) in [6, 6.07) is 16.8. The molecule has 3 rings (SSSR count). The number of hydrogen-bond donors (Lipinski definition) is 0. The molecule has 0 atom stereocenters. The summed E-state index contributed by atoms with van der Waals surface area (Å²) in [6.45, 7) is 4.14. The Balaban J connectivity index is 2.02. The van der Waals surface area contributed by atoms with Gasteiger partial charge in [0.1, 0.15) is 12.2 Å². The van der Waals surface area contributed by atoms with Crippen molar-refractivity contribution >= 4 is 0 Å². The lowest BCUT2D eigenvalue weighted by Gasteiger charge is -2.08. The standard InChI is InChI=1S/C18H17N3/c1-3-17-19-12-20-18(21-17)16-10-9-15(11-13(16)2)14-7-5-4-6-8-14/h4-12H,3H2,1-2H3. The molecule has 3 nitrogen and oxygen atoms in total. The van der Waals surface area contributed by atoms with Gasteiger partial charge in [0.15, 0.2) is 5.82 Å². The molecule has 2 aromatic carbocycles. The molecule has 0 saturated carbocycles. The maximum absolute atomic E-state index is 4.50. The summed E-state index contributed by atoms with van der Waals surface area (Å²) in [7, 11) is 0. The molecule has 104 valence electrons. The molecular weight excluding hydrogens is 258 g/mol. The maximum atomic E-state index is 4.50. The zero-order valence-electron chi connectivity index (χ0n) is 12.2. The molecule has 0 aliphatic rings.